The lowest BCUT2D eigenvalue weighted by molar-refractivity contribution is 0.0996. The second-order valence-electron chi connectivity index (χ2n) is 6.36. The van der Waals surface area contributed by atoms with E-state index in [1.165, 1.54) is 7.11 Å². The average molecular weight is 389 g/mol. The fraction of sp³-hybridized carbons (Fsp3) is 0.136. The summed E-state index contributed by atoms with van der Waals surface area (Å²) >= 11 is 0. The van der Waals surface area contributed by atoms with Crippen molar-refractivity contribution >= 4 is 5.91 Å². The number of nitriles is 1. The number of pyridine rings is 1. The molecule has 7 heteroatoms. The van der Waals surface area contributed by atoms with Crippen molar-refractivity contribution in [1.29, 1.82) is 5.26 Å². The number of H-pyrrole nitrogens is 1. The molecule has 0 unspecified atom stereocenters. The minimum absolute atomic E-state index is 0.0340. The van der Waals surface area contributed by atoms with Crippen LogP contribution in [-0.2, 0) is 6.61 Å². The number of methoxy groups -OCH3 is 1. The number of carbonyl (C=O) groups excluding carboxylic acids is 1. The maximum absolute atomic E-state index is 12.1. The van der Waals surface area contributed by atoms with Crippen LogP contribution >= 0.6 is 0 Å². The first-order chi connectivity index (χ1) is 13.9. The number of carbonyl (C=O) groups is 1. The number of hydrogen-bond donors (Lipinski definition) is 2. The number of nitrogens with two attached hydrogens (primary N) is 1. The van der Waals surface area contributed by atoms with Gasteiger partial charge in [-0.2, -0.15) is 5.26 Å². The molecule has 2 aromatic carbocycles. The summed E-state index contributed by atoms with van der Waals surface area (Å²) in [5.74, 6) is 0.349. The molecule has 146 valence electrons. The largest absolute Gasteiger partial charge is 0.496 e. The van der Waals surface area contributed by atoms with Gasteiger partial charge in [0.05, 0.1) is 12.7 Å². The molecular weight excluding hydrogens is 370 g/mol. The van der Waals surface area contributed by atoms with Gasteiger partial charge < -0.3 is 20.2 Å². The third-order valence-electron chi connectivity index (χ3n) is 4.41. The van der Waals surface area contributed by atoms with Gasteiger partial charge in [0.15, 0.2) is 0 Å². The van der Waals surface area contributed by atoms with Crippen LogP contribution in [0.2, 0.25) is 0 Å². The molecule has 3 aromatic rings. The number of nitrogens with zero attached hydrogens (tertiary/aromatic N) is 1. The predicted molar refractivity (Wildman–Crippen MR) is 108 cm³/mol. The average Bonchev–Trinajstić information content (AvgIpc) is 2.71. The molecule has 29 heavy (non-hydrogen) atoms. The molecule has 0 saturated heterocycles. The molecule has 3 N–H and O–H groups in total. The zero-order chi connectivity index (χ0) is 21.0. The first kappa shape index (κ1) is 19.7. The van der Waals surface area contributed by atoms with Crippen LogP contribution in [0.1, 0.15) is 27.2 Å². The number of primary amides is 1. The Morgan fingerprint density at radius 1 is 1.17 bits per heavy atom. The fourth-order valence-electron chi connectivity index (χ4n) is 3.04. The van der Waals surface area contributed by atoms with E-state index in [1.807, 2.05) is 6.07 Å². The third-order valence-corrected chi connectivity index (χ3v) is 4.41. The summed E-state index contributed by atoms with van der Waals surface area (Å²) in [7, 11) is 1.54. The maximum atomic E-state index is 12.1. The summed E-state index contributed by atoms with van der Waals surface area (Å²) in [5.41, 5.74) is 7.80. The number of hydrogen-bond acceptors (Lipinski definition) is 5. The highest BCUT2D eigenvalue weighted by molar-refractivity contribution is 5.95. The Labute approximate surface area is 167 Å². The Morgan fingerprint density at radius 3 is 2.62 bits per heavy atom. The summed E-state index contributed by atoms with van der Waals surface area (Å²) in [6.45, 7) is 1.85. The molecular formula is C22H19N3O4. The van der Waals surface area contributed by atoms with Crippen LogP contribution in [0, 0.1) is 18.3 Å². The van der Waals surface area contributed by atoms with E-state index in [4.69, 9.17) is 15.2 Å². The van der Waals surface area contributed by atoms with Crippen LogP contribution in [-0.4, -0.2) is 18.0 Å². The van der Waals surface area contributed by atoms with E-state index >= 15 is 0 Å². The zero-order valence-corrected chi connectivity index (χ0v) is 16.0. The molecule has 0 spiro atoms. The van der Waals surface area contributed by atoms with Gasteiger partial charge in [0, 0.05) is 16.8 Å². The highest BCUT2D eigenvalue weighted by Crippen LogP contribution is 2.29. The molecule has 0 radical (unpaired) electrons. The maximum Gasteiger partial charge on any atom is 0.266 e. The molecule has 3 rings (SSSR count). The van der Waals surface area contributed by atoms with Crippen molar-refractivity contribution in [3.8, 4) is 28.7 Å². The smallest absolute Gasteiger partial charge is 0.266 e. The number of aryl methyl sites for hydroxylation is 1. The van der Waals surface area contributed by atoms with Crippen LogP contribution in [0.5, 0.6) is 11.5 Å². The highest BCUT2D eigenvalue weighted by Gasteiger charge is 2.14. The van der Waals surface area contributed by atoms with Crippen molar-refractivity contribution in [1.82, 2.24) is 4.98 Å². The number of para-hydroxylation sites is 1. The zero-order valence-electron chi connectivity index (χ0n) is 16.0. The van der Waals surface area contributed by atoms with E-state index in [1.54, 1.807) is 55.5 Å². The second-order valence-corrected chi connectivity index (χ2v) is 6.36. The van der Waals surface area contributed by atoms with Crippen molar-refractivity contribution < 1.29 is 14.3 Å². The van der Waals surface area contributed by atoms with Gasteiger partial charge in [-0.3, -0.25) is 9.59 Å². The van der Waals surface area contributed by atoms with Gasteiger partial charge >= 0.3 is 0 Å². The van der Waals surface area contributed by atoms with Crippen LogP contribution in [0.15, 0.2) is 53.3 Å². The van der Waals surface area contributed by atoms with Crippen LogP contribution in [0.4, 0.5) is 0 Å². The van der Waals surface area contributed by atoms with Crippen molar-refractivity contribution in [2.45, 2.75) is 13.5 Å². The monoisotopic (exact) mass is 389 g/mol. The lowest BCUT2D eigenvalue weighted by Crippen LogP contribution is -2.13. The first-order valence-corrected chi connectivity index (χ1v) is 8.77. The van der Waals surface area contributed by atoms with Crippen molar-refractivity contribution in [2.24, 2.45) is 5.73 Å². The number of amides is 1. The predicted octanol–water partition coefficient (Wildman–Crippen LogP) is 2.91. The van der Waals surface area contributed by atoms with E-state index in [0.717, 1.165) is 0 Å². The topological polar surface area (TPSA) is 118 Å². The molecule has 7 nitrogen and oxygen atoms in total. The first-order valence-electron chi connectivity index (χ1n) is 8.77. The quantitative estimate of drug-likeness (QED) is 0.672. The number of benzene rings is 2. The fourth-order valence-corrected chi connectivity index (χ4v) is 3.04. The molecule has 0 aliphatic heterocycles. The Kier molecular flexibility index (Phi) is 5.65. The van der Waals surface area contributed by atoms with E-state index in [2.05, 4.69) is 4.98 Å². The van der Waals surface area contributed by atoms with E-state index in [0.29, 0.717) is 33.9 Å². The standard InChI is InChI=1S/C22H19N3O4/c1-13-9-17(18(11-23)22(27)25-13)14-7-8-19(28-2)15(10-14)12-29-20-6-4-3-5-16(20)21(24)26/h3-10H,12H2,1-2H3,(H2,24,26)(H,25,27). The minimum atomic E-state index is -0.584. The summed E-state index contributed by atoms with van der Waals surface area (Å²) in [4.78, 5) is 26.3. The summed E-state index contributed by atoms with van der Waals surface area (Å²) in [5, 5.41) is 9.39. The molecule has 1 heterocycles. The summed E-state index contributed by atoms with van der Waals surface area (Å²) < 4.78 is 11.2. The third kappa shape index (κ3) is 4.12. The second kappa shape index (κ2) is 8.31. The summed E-state index contributed by atoms with van der Waals surface area (Å²) in [6.07, 6.45) is 0. The molecule has 0 saturated carbocycles. The summed E-state index contributed by atoms with van der Waals surface area (Å²) in [6, 6.07) is 15.7. The molecule has 0 fully saturated rings. The Balaban J connectivity index is 2.01. The van der Waals surface area contributed by atoms with Gasteiger partial charge in [0.2, 0.25) is 0 Å². The lowest BCUT2D eigenvalue weighted by Gasteiger charge is -2.14. The van der Waals surface area contributed by atoms with Gasteiger partial charge in [0.1, 0.15) is 29.7 Å². The minimum Gasteiger partial charge on any atom is -0.496 e. The molecule has 0 bridgehead atoms. The van der Waals surface area contributed by atoms with Crippen LogP contribution in [0.25, 0.3) is 11.1 Å². The SMILES string of the molecule is COc1ccc(-c2cc(C)[nH]c(=O)c2C#N)cc1COc1ccccc1C(N)=O. The van der Waals surface area contributed by atoms with Gasteiger partial charge in [-0.05, 0) is 42.8 Å². The molecule has 1 amide bonds. The van der Waals surface area contributed by atoms with E-state index in [9.17, 15) is 14.9 Å². The highest BCUT2D eigenvalue weighted by atomic mass is 16.5. The van der Waals surface area contributed by atoms with Crippen LogP contribution in [0.3, 0.4) is 0 Å². The Hall–Kier alpha value is -4.05. The van der Waals surface area contributed by atoms with E-state index < -0.39 is 11.5 Å². The number of nitrogens with one attached hydrogen (secondary N) is 1. The lowest BCUT2D eigenvalue weighted by atomic mass is 9.99. The number of aromatic amines is 1. The number of aromatic nitrogens is 1. The van der Waals surface area contributed by atoms with Gasteiger partial charge in [-0.15, -0.1) is 0 Å². The molecule has 0 atom stereocenters. The van der Waals surface area contributed by atoms with Crippen molar-refractivity contribution in [2.75, 3.05) is 7.11 Å². The van der Waals surface area contributed by atoms with Crippen molar-refractivity contribution in [3.05, 3.63) is 81.3 Å². The normalized spacial score (nSPS) is 10.2. The molecule has 0 aliphatic carbocycles. The molecule has 0 aliphatic rings. The Bertz CT molecular complexity index is 1180. The molecule has 1 aromatic heterocycles. The van der Waals surface area contributed by atoms with Crippen molar-refractivity contribution in [3.63, 3.8) is 0 Å². The van der Waals surface area contributed by atoms with Gasteiger partial charge in [-0.1, -0.05) is 18.2 Å². The Morgan fingerprint density at radius 2 is 1.93 bits per heavy atom. The van der Waals surface area contributed by atoms with Gasteiger partial charge in [0.25, 0.3) is 11.5 Å². The van der Waals surface area contributed by atoms with Crippen LogP contribution < -0.4 is 20.8 Å². The van der Waals surface area contributed by atoms with E-state index in [-0.39, 0.29) is 17.7 Å². The number of ether oxygens (including phenoxy) is 2. The number of rotatable bonds is 6. The van der Waals surface area contributed by atoms with Gasteiger partial charge in [-0.25, -0.2) is 0 Å².